The van der Waals surface area contributed by atoms with Gasteiger partial charge in [0.2, 0.25) is 0 Å². The number of aliphatic hydroxyl groups is 1. The van der Waals surface area contributed by atoms with E-state index >= 15 is 0 Å². The maximum atomic E-state index is 11.8. The zero-order chi connectivity index (χ0) is 18.2. The van der Waals surface area contributed by atoms with Crippen molar-refractivity contribution in [1.82, 2.24) is 10.4 Å². The Labute approximate surface area is 144 Å². The summed E-state index contributed by atoms with van der Waals surface area (Å²) < 4.78 is 5.02. The van der Waals surface area contributed by atoms with Crippen molar-refractivity contribution in [3.05, 3.63) is 47.5 Å². The van der Waals surface area contributed by atoms with Gasteiger partial charge in [-0.15, -0.1) is 0 Å². The van der Waals surface area contributed by atoms with Crippen LogP contribution in [0.25, 0.3) is 0 Å². The minimum atomic E-state index is -0.909. The largest absolute Gasteiger partial charge is 0.443 e. The molecule has 134 valence electrons. The third-order valence-electron chi connectivity index (χ3n) is 3.67. The molecular weight excluding hydrogens is 328 g/mol. The first-order chi connectivity index (χ1) is 12.0. The minimum Gasteiger partial charge on any atom is -0.443 e. The molecule has 1 aliphatic carbocycles. The van der Waals surface area contributed by atoms with E-state index in [0.29, 0.717) is 22.6 Å². The quantitative estimate of drug-likeness (QED) is 0.522. The second-order valence-corrected chi connectivity index (χ2v) is 5.51. The van der Waals surface area contributed by atoms with Crippen molar-refractivity contribution < 1.29 is 29.4 Å². The van der Waals surface area contributed by atoms with Gasteiger partial charge in [-0.2, -0.15) is 5.06 Å². The number of carbonyl (C=O) groups is 3. The predicted molar refractivity (Wildman–Crippen MR) is 86.8 cm³/mol. The fraction of sp³-hybridized carbons (Fsp3) is 0.353. The van der Waals surface area contributed by atoms with Gasteiger partial charge in [-0.3, -0.25) is 14.8 Å². The first-order valence-electron chi connectivity index (χ1n) is 7.85. The Morgan fingerprint density at radius 1 is 1.28 bits per heavy atom. The topological polar surface area (TPSA) is 116 Å². The molecule has 1 aliphatic rings. The van der Waals surface area contributed by atoms with Gasteiger partial charge in [0, 0.05) is 18.5 Å². The van der Waals surface area contributed by atoms with Gasteiger partial charge in [0.05, 0.1) is 12.6 Å². The first-order valence-corrected chi connectivity index (χ1v) is 7.85. The SMILES string of the molecule is O=C1C=CC(N(O)C(=O)OCc2ccc(C(=O)NCCO)cc2)CC1. The normalized spacial score (nSPS) is 16.4. The Morgan fingerprint density at radius 3 is 2.60 bits per heavy atom. The fourth-order valence-electron chi connectivity index (χ4n) is 2.26. The summed E-state index contributed by atoms with van der Waals surface area (Å²) >= 11 is 0. The molecule has 2 rings (SSSR count). The molecule has 8 nitrogen and oxygen atoms in total. The van der Waals surface area contributed by atoms with Gasteiger partial charge >= 0.3 is 6.09 Å². The fourth-order valence-corrected chi connectivity index (χ4v) is 2.26. The van der Waals surface area contributed by atoms with Crippen molar-refractivity contribution in [2.75, 3.05) is 13.2 Å². The van der Waals surface area contributed by atoms with Crippen LogP contribution in [0, 0.1) is 0 Å². The van der Waals surface area contributed by atoms with E-state index < -0.39 is 12.1 Å². The van der Waals surface area contributed by atoms with E-state index in [2.05, 4.69) is 5.32 Å². The van der Waals surface area contributed by atoms with Crippen molar-refractivity contribution in [2.24, 2.45) is 0 Å². The van der Waals surface area contributed by atoms with E-state index in [-0.39, 0.29) is 37.9 Å². The summed E-state index contributed by atoms with van der Waals surface area (Å²) in [5.41, 5.74) is 1.07. The van der Waals surface area contributed by atoms with Crippen molar-refractivity contribution in [2.45, 2.75) is 25.5 Å². The molecule has 0 aliphatic heterocycles. The van der Waals surface area contributed by atoms with Crippen molar-refractivity contribution in [3.63, 3.8) is 0 Å². The van der Waals surface area contributed by atoms with Crippen LogP contribution in [0.2, 0.25) is 0 Å². The Kier molecular flexibility index (Phi) is 6.67. The Bertz CT molecular complexity index is 656. The smallest absolute Gasteiger partial charge is 0.434 e. The van der Waals surface area contributed by atoms with E-state index in [1.165, 1.54) is 12.2 Å². The highest BCUT2D eigenvalue weighted by atomic mass is 16.6. The van der Waals surface area contributed by atoms with Crippen molar-refractivity contribution in [1.29, 1.82) is 0 Å². The zero-order valence-electron chi connectivity index (χ0n) is 13.6. The molecule has 1 aromatic carbocycles. The number of nitrogens with one attached hydrogen (secondary N) is 1. The van der Waals surface area contributed by atoms with Gasteiger partial charge in [-0.25, -0.2) is 4.79 Å². The third-order valence-corrected chi connectivity index (χ3v) is 3.67. The van der Waals surface area contributed by atoms with E-state index in [9.17, 15) is 19.6 Å². The number of benzene rings is 1. The molecule has 0 bridgehead atoms. The number of carbonyl (C=O) groups excluding carboxylic acids is 3. The van der Waals surface area contributed by atoms with E-state index in [1.807, 2.05) is 0 Å². The summed E-state index contributed by atoms with van der Waals surface area (Å²) in [5.74, 6) is -0.348. The van der Waals surface area contributed by atoms with Crippen molar-refractivity contribution >= 4 is 17.8 Å². The lowest BCUT2D eigenvalue weighted by Crippen LogP contribution is -2.38. The molecule has 0 spiro atoms. The zero-order valence-corrected chi connectivity index (χ0v) is 13.6. The van der Waals surface area contributed by atoms with Gasteiger partial charge in [-0.05, 0) is 30.2 Å². The number of hydroxylamine groups is 2. The van der Waals surface area contributed by atoms with E-state index in [1.54, 1.807) is 24.3 Å². The molecule has 0 aromatic heterocycles. The molecule has 2 amide bonds. The maximum absolute atomic E-state index is 11.8. The van der Waals surface area contributed by atoms with Gasteiger partial charge in [0.1, 0.15) is 6.61 Å². The molecule has 8 heteroatoms. The summed E-state index contributed by atoms with van der Waals surface area (Å²) in [6, 6.07) is 5.82. The number of hydrogen-bond donors (Lipinski definition) is 3. The van der Waals surface area contributed by atoms with Crippen LogP contribution >= 0.6 is 0 Å². The maximum Gasteiger partial charge on any atom is 0.434 e. The Hall–Kier alpha value is -2.71. The molecule has 0 heterocycles. The lowest BCUT2D eigenvalue weighted by Gasteiger charge is -2.24. The third kappa shape index (κ3) is 5.40. The van der Waals surface area contributed by atoms with Crippen LogP contribution in [0.15, 0.2) is 36.4 Å². The Balaban J connectivity index is 1.84. The molecule has 1 atom stereocenters. The number of allylic oxidation sites excluding steroid dienone is 1. The molecule has 1 aromatic rings. The van der Waals surface area contributed by atoms with Gasteiger partial charge in [0.15, 0.2) is 5.78 Å². The van der Waals surface area contributed by atoms with Gasteiger partial charge in [-0.1, -0.05) is 18.2 Å². The molecule has 1 unspecified atom stereocenters. The average Bonchev–Trinajstić information content (AvgIpc) is 2.64. The summed E-state index contributed by atoms with van der Waals surface area (Å²) in [6.07, 6.45) is 2.51. The predicted octanol–water partition coefficient (Wildman–Crippen LogP) is 1.02. The molecule has 0 radical (unpaired) electrons. The van der Waals surface area contributed by atoms with Gasteiger partial charge < -0.3 is 15.2 Å². The van der Waals surface area contributed by atoms with Crippen LogP contribution < -0.4 is 5.32 Å². The summed E-state index contributed by atoms with van der Waals surface area (Å²) in [7, 11) is 0. The van der Waals surface area contributed by atoms with Crippen LogP contribution in [0.3, 0.4) is 0 Å². The highest BCUT2D eigenvalue weighted by molar-refractivity contribution is 5.94. The molecular formula is C17H20N2O6. The lowest BCUT2D eigenvalue weighted by molar-refractivity contribution is -0.118. The number of aliphatic hydroxyl groups excluding tert-OH is 1. The summed E-state index contributed by atoms with van der Waals surface area (Å²) in [5, 5.41) is 21.5. The van der Waals surface area contributed by atoms with Crippen LogP contribution in [-0.2, 0) is 16.1 Å². The monoisotopic (exact) mass is 348 g/mol. The highest BCUT2D eigenvalue weighted by Crippen LogP contribution is 2.14. The molecule has 0 saturated heterocycles. The molecule has 25 heavy (non-hydrogen) atoms. The minimum absolute atomic E-state index is 0.0406. The summed E-state index contributed by atoms with van der Waals surface area (Å²) in [6.45, 7) is -0.0304. The van der Waals surface area contributed by atoms with Crippen LogP contribution in [0.5, 0.6) is 0 Å². The standard InChI is InChI=1S/C17H20N2O6/c20-10-9-18-16(22)13-3-1-12(2-4-13)11-25-17(23)19(24)14-5-7-15(21)8-6-14/h1-5,7,14,20,24H,6,8-11H2,(H,18,22). The van der Waals surface area contributed by atoms with E-state index in [4.69, 9.17) is 9.84 Å². The molecule has 0 fully saturated rings. The van der Waals surface area contributed by atoms with Crippen LogP contribution in [0.4, 0.5) is 4.79 Å². The number of nitrogens with zero attached hydrogens (tertiary/aromatic N) is 1. The van der Waals surface area contributed by atoms with Crippen LogP contribution in [-0.4, -0.2) is 52.4 Å². The lowest BCUT2D eigenvalue weighted by atomic mass is 10.0. The number of amides is 2. The number of hydrogen-bond acceptors (Lipinski definition) is 6. The highest BCUT2D eigenvalue weighted by Gasteiger charge is 2.24. The second-order valence-electron chi connectivity index (χ2n) is 5.51. The van der Waals surface area contributed by atoms with Crippen molar-refractivity contribution in [3.8, 4) is 0 Å². The van der Waals surface area contributed by atoms with Crippen LogP contribution in [0.1, 0.15) is 28.8 Å². The second kappa shape index (κ2) is 8.95. The van der Waals surface area contributed by atoms with Gasteiger partial charge in [0.25, 0.3) is 5.91 Å². The average molecular weight is 348 g/mol. The molecule has 0 saturated carbocycles. The summed E-state index contributed by atoms with van der Waals surface area (Å²) in [4.78, 5) is 34.6. The number of ether oxygens (including phenoxy) is 1. The first kappa shape index (κ1) is 18.6. The van der Waals surface area contributed by atoms with E-state index in [0.717, 1.165) is 0 Å². The Morgan fingerprint density at radius 2 is 2.00 bits per heavy atom. The molecule has 3 N–H and O–H groups in total. The number of ketones is 1. The number of rotatable bonds is 6.